The van der Waals surface area contributed by atoms with Crippen LogP contribution in [0.15, 0.2) is 30.3 Å². The van der Waals surface area contributed by atoms with Gasteiger partial charge in [-0.25, -0.2) is 0 Å². The van der Waals surface area contributed by atoms with Crippen LogP contribution in [0.2, 0.25) is 0 Å². The number of hydrogen-bond acceptors (Lipinski definition) is 6. The summed E-state index contributed by atoms with van der Waals surface area (Å²) in [5.74, 6) is 0.460. The molecule has 4 N–H and O–H groups in total. The molecule has 6 heteroatoms. The lowest BCUT2D eigenvalue weighted by Gasteiger charge is -2.39. The maximum absolute atomic E-state index is 9.74. The van der Waals surface area contributed by atoms with E-state index >= 15 is 0 Å². The SMILES string of the molecule is OCC1O[C@H](Oc2ccccc2)C(O)[C@@H](O)[C@@H]1O. The molecular formula is C12H16O6. The Morgan fingerprint density at radius 2 is 1.67 bits per heavy atom. The summed E-state index contributed by atoms with van der Waals surface area (Å²) >= 11 is 0. The van der Waals surface area contributed by atoms with Gasteiger partial charge in [-0.1, -0.05) is 18.2 Å². The van der Waals surface area contributed by atoms with E-state index in [0.29, 0.717) is 5.75 Å². The Hall–Kier alpha value is -1.18. The van der Waals surface area contributed by atoms with Gasteiger partial charge in [-0.05, 0) is 12.1 Å². The second kappa shape index (κ2) is 5.64. The molecule has 1 fully saturated rings. The van der Waals surface area contributed by atoms with Crippen molar-refractivity contribution in [3.63, 3.8) is 0 Å². The normalized spacial score (nSPS) is 36.3. The van der Waals surface area contributed by atoms with E-state index < -0.39 is 37.3 Å². The fourth-order valence-corrected chi connectivity index (χ4v) is 1.80. The highest BCUT2D eigenvalue weighted by molar-refractivity contribution is 5.21. The largest absolute Gasteiger partial charge is 0.462 e. The zero-order valence-electron chi connectivity index (χ0n) is 9.59. The fraction of sp³-hybridized carbons (Fsp3) is 0.500. The number of rotatable bonds is 3. The second-order valence-electron chi connectivity index (χ2n) is 4.13. The minimum absolute atomic E-state index is 0.460. The van der Waals surface area contributed by atoms with Crippen LogP contribution in [0.4, 0.5) is 0 Å². The third-order valence-corrected chi connectivity index (χ3v) is 2.84. The van der Waals surface area contributed by atoms with Crippen molar-refractivity contribution in [2.75, 3.05) is 6.61 Å². The molecule has 1 heterocycles. The van der Waals surface area contributed by atoms with Crippen LogP contribution in [-0.2, 0) is 4.74 Å². The molecule has 1 aromatic carbocycles. The maximum Gasteiger partial charge on any atom is 0.229 e. The van der Waals surface area contributed by atoms with Crippen LogP contribution in [0.3, 0.4) is 0 Å². The molecule has 0 bridgehead atoms. The Balaban J connectivity index is 2.08. The van der Waals surface area contributed by atoms with Crippen LogP contribution in [0, 0.1) is 0 Å². The first-order valence-electron chi connectivity index (χ1n) is 5.65. The Kier molecular flexibility index (Phi) is 4.15. The average molecular weight is 256 g/mol. The van der Waals surface area contributed by atoms with E-state index in [1.54, 1.807) is 30.3 Å². The van der Waals surface area contributed by atoms with Gasteiger partial charge in [0.1, 0.15) is 30.2 Å². The zero-order chi connectivity index (χ0) is 13.1. The van der Waals surface area contributed by atoms with Crippen molar-refractivity contribution in [2.45, 2.75) is 30.7 Å². The van der Waals surface area contributed by atoms with Gasteiger partial charge >= 0.3 is 0 Å². The van der Waals surface area contributed by atoms with Gasteiger partial charge < -0.3 is 29.9 Å². The van der Waals surface area contributed by atoms with E-state index in [1.807, 2.05) is 0 Å². The van der Waals surface area contributed by atoms with Gasteiger partial charge in [0.2, 0.25) is 6.29 Å². The van der Waals surface area contributed by atoms with Crippen molar-refractivity contribution < 1.29 is 29.9 Å². The minimum atomic E-state index is -1.43. The third-order valence-electron chi connectivity index (χ3n) is 2.84. The summed E-state index contributed by atoms with van der Waals surface area (Å²) in [5.41, 5.74) is 0. The zero-order valence-corrected chi connectivity index (χ0v) is 9.59. The van der Waals surface area contributed by atoms with Gasteiger partial charge in [-0.15, -0.1) is 0 Å². The van der Waals surface area contributed by atoms with Crippen LogP contribution in [0.1, 0.15) is 0 Å². The molecule has 0 aromatic heterocycles. The molecule has 0 radical (unpaired) electrons. The molecule has 0 aliphatic carbocycles. The molecule has 2 unspecified atom stereocenters. The fourth-order valence-electron chi connectivity index (χ4n) is 1.80. The first-order valence-corrected chi connectivity index (χ1v) is 5.65. The molecule has 2 rings (SSSR count). The first-order chi connectivity index (χ1) is 8.63. The molecule has 6 nitrogen and oxygen atoms in total. The van der Waals surface area contributed by atoms with Crippen LogP contribution in [0.25, 0.3) is 0 Å². The highest BCUT2D eigenvalue weighted by Gasteiger charge is 2.44. The van der Waals surface area contributed by atoms with E-state index in [4.69, 9.17) is 14.6 Å². The molecule has 1 aliphatic heterocycles. The molecule has 100 valence electrons. The second-order valence-corrected chi connectivity index (χ2v) is 4.13. The number of aliphatic hydroxyl groups excluding tert-OH is 4. The Morgan fingerprint density at radius 1 is 1.00 bits per heavy atom. The lowest BCUT2D eigenvalue weighted by atomic mass is 9.99. The lowest BCUT2D eigenvalue weighted by Crippen LogP contribution is -2.60. The average Bonchev–Trinajstić information content (AvgIpc) is 2.40. The summed E-state index contributed by atoms with van der Waals surface area (Å²) in [4.78, 5) is 0. The van der Waals surface area contributed by atoms with Crippen molar-refractivity contribution in [2.24, 2.45) is 0 Å². The van der Waals surface area contributed by atoms with Gasteiger partial charge in [0.25, 0.3) is 0 Å². The molecule has 1 aliphatic rings. The summed E-state index contributed by atoms with van der Waals surface area (Å²) in [7, 11) is 0. The molecule has 1 saturated heterocycles. The molecule has 18 heavy (non-hydrogen) atoms. The summed E-state index contributed by atoms with van der Waals surface area (Å²) in [5, 5.41) is 37.9. The van der Waals surface area contributed by atoms with Gasteiger partial charge in [-0.3, -0.25) is 0 Å². The van der Waals surface area contributed by atoms with Crippen molar-refractivity contribution in [1.29, 1.82) is 0 Å². The molecule has 5 atom stereocenters. The quantitative estimate of drug-likeness (QED) is 0.546. The topological polar surface area (TPSA) is 99.4 Å². The van der Waals surface area contributed by atoms with Crippen LogP contribution >= 0.6 is 0 Å². The van der Waals surface area contributed by atoms with Gasteiger partial charge in [0.15, 0.2) is 0 Å². The summed E-state index contributed by atoms with van der Waals surface area (Å²) in [6, 6.07) is 8.64. The maximum atomic E-state index is 9.74. The smallest absolute Gasteiger partial charge is 0.229 e. The first kappa shape index (κ1) is 13.3. The number of ether oxygens (including phenoxy) is 2. The van der Waals surface area contributed by atoms with E-state index in [9.17, 15) is 15.3 Å². The Labute approximate surface area is 104 Å². The van der Waals surface area contributed by atoms with Crippen LogP contribution in [0.5, 0.6) is 5.75 Å². The molecule has 1 aromatic rings. The lowest BCUT2D eigenvalue weighted by molar-refractivity contribution is -0.277. The van der Waals surface area contributed by atoms with Gasteiger partial charge in [-0.2, -0.15) is 0 Å². The van der Waals surface area contributed by atoms with E-state index in [1.165, 1.54) is 0 Å². The Morgan fingerprint density at radius 3 is 2.28 bits per heavy atom. The predicted molar refractivity (Wildman–Crippen MR) is 60.8 cm³/mol. The number of hydrogen-bond donors (Lipinski definition) is 4. The monoisotopic (exact) mass is 256 g/mol. The highest BCUT2D eigenvalue weighted by atomic mass is 16.7. The molecule has 0 spiro atoms. The van der Waals surface area contributed by atoms with E-state index in [-0.39, 0.29) is 0 Å². The standard InChI is InChI=1S/C12H16O6/c13-6-8-9(14)10(15)11(16)12(18-8)17-7-4-2-1-3-5-7/h1-5,8-16H,6H2/t8?,9-,10+,11?,12+/m1/s1. The summed E-state index contributed by atoms with van der Waals surface area (Å²) in [6.45, 7) is -0.473. The Bertz CT molecular complexity index is 368. The van der Waals surface area contributed by atoms with Crippen molar-refractivity contribution >= 4 is 0 Å². The van der Waals surface area contributed by atoms with Crippen LogP contribution in [-0.4, -0.2) is 57.7 Å². The van der Waals surface area contributed by atoms with Gasteiger partial charge in [0.05, 0.1) is 6.61 Å². The van der Waals surface area contributed by atoms with Gasteiger partial charge in [0, 0.05) is 0 Å². The minimum Gasteiger partial charge on any atom is -0.462 e. The van der Waals surface area contributed by atoms with E-state index in [0.717, 1.165) is 0 Å². The molecular weight excluding hydrogens is 240 g/mol. The molecule has 0 saturated carbocycles. The third kappa shape index (κ3) is 2.63. The van der Waals surface area contributed by atoms with Crippen molar-refractivity contribution in [3.05, 3.63) is 30.3 Å². The van der Waals surface area contributed by atoms with Crippen molar-refractivity contribution in [1.82, 2.24) is 0 Å². The number of benzene rings is 1. The highest BCUT2D eigenvalue weighted by Crippen LogP contribution is 2.23. The van der Waals surface area contributed by atoms with Crippen molar-refractivity contribution in [3.8, 4) is 5.75 Å². The number of para-hydroxylation sites is 1. The predicted octanol–water partition coefficient (Wildman–Crippen LogP) is -1.13. The van der Waals surface area contributed by atoms with E-state index in [2.05, 4.69) is 0 Å². The number of aliphatic hydroxyl groups is 4. The summed E-state index contributed by atoms with van der Waals surface area (Å²) in [6.07, 6.45) is -6.28. The summed E-state index contributed by atoms with van der Waals surface area (Å²) < 4.78 is 10.6. The molecule has 0 amide bonds. The van der Waals surface area contributed by atoms with Crippen LogP contribution < -0.4 is 4.74 Å².